The van der Waals surface area contributed by atoms with Gasteiger partial charge in [0.2, 0.25) is 0 Å². The normalized spacial score (nSPS) is 10.7. The Morgan fingerprint density at radius 1 is 1.30 bits per heavy atom. The zero-order valence-electron chi connectivity index (χ0n) is 15.7. The predicted molar refractivity (Wildman–Crippen MR) is 101 cm³/mol. The van der Waals surface area contributed by atoms with Crippen LogP contribution in [0.3, 0.4) is 0 Å². The summed E-state index contributed by atoms with van der Waals surface area (Å²) < 4.78 is 6.80. The first-order chi connectivity index (χ1) is 13.1. The SMILES string of the molecule is CCOC(=O)CCc1c(C#N)nc2c(cnn2CC)c1-c1cncc(C)c1. The van der Waals surface area contributed by atoms with E-state index in [4.69, 9.17) is 4.74 Å². The third kappa shape index (κ3) is 3.65. The van der Waals surface area contributed by atoms with Crippen molar-refractivity contribution >= 4 is 17.0 Å². The van der Waals surface area contributed by atoms with Crippen LogP contribution in [-0.4, -0.2) is 32.3 Å². The lowest BCUT2D eigenvalue weighted by molar-refractivity contribution is -0.143. The summed E-state index contributed by atoms with van der Waals surface area (Å²) in [5.41, 5.74) is 4.44. The number of aryl methyl sites for hydroxylation is 2. The third-order valence-corrected chi connectivity index (χ3v) is 4.34. The lowest BCUT2D eigenvalue weighted by Crippen LogP contribution is -2.08. The fourth-order valence-corrected chi connectivity index (χ4v) is 3.18. The van der Waals surface area contributed by atoms with Gasteiger partial charge in [-0.15, -0.1) is 0 Å². The highest BCUT2D eigenvalue weighted by Gasteiger charge is 2.20. The van der Waals surface area contributed by atoms with E-state index in [0.29, 0.717) is 30.9 Å². The number of aromatic nitrogens is 4. The second-order valence-corrected chi connectivity index (χ2v) is 6.18. The Morgan fingerprint density at radius 2 is 2.11 bits per heavy atom. The average molecular weight is 363 g/mol. The first kappa shape index (κ1) is 18.5. The highest BCUT2D eigenvalue weighted by Crippen LogP contribution is 2.34. The quantitative estimate of drug-likeness (QED) is 0.624. The number of carbonyl (C=O) groups excluding carboxylic acids is 1. The molecule has 0 aromatic carbocycles. The van der Waals surface area contributed by atoms with Crippen molar-refractivity contribution in [2.24, 2.45) is 0 Å². The van der Waals surface area contributed by atoms with Crippen molar-refractivity contribution in [2.45, 2.75) is 40.2 Å². The second-order valence-electron chi connectivity index (χ2n) is 6.18. The molecule has 0 atom stereocenters. The van der Waals surface area contributed by atoms with Crippen molar-refractivity contribution in [3.05, 3.63) is 41.5 Å². The molecule has 0 amide bonds. The Kier molecular flexibility index (Phi) is 5.46. The Hall–Kier alpha value is -3.27. The van der Waals surface area contributed by atoms with E-state index in [1.807, 2.05) is 19.9 Å². The number of fused-ring (bicyclic) bond motifs is 1. The van der Waals surface area contributed by atoms with Crippen molar-refractivity contribution in [2.75, 3.05) is 6.61 Å². The van der Waals surface area contributed by atoms with E-state index in [2.05, 4.69) is 21.1 Å². The minimum Gasteiger partial charge on any atom is -0.466 e. The summed E-state index contributed by atoms with van der Waals surface area (Å²) in [5.74, 6) is -0.293. The molecule has 0 radical (unpaired) electrons. The molecule has 0 saturated heterocycles. The molecule has 138 valence electrons. The number of nitriles is 1. The van der Waals surface area contributed by atoms with E-state index in [0.717, 1.165) is 27.6 Å². The molecule has 0 spiro atoms. The Balaban J connectivity index is 2.23. The van der Waals surface area contributed by atoms with Crippen molar-refractivity contribution in [3.8, 4) is 17.2 Å². The molecule has 3 aromatic rings. The van der Waals surface area contributed by atoms with Crippen LogP contribution in [0.25, 0.3) is 22.2 Å². The van der Waals surface area contributed by atoms with E-state index in [9.17, 15) is 10.1 Å². The Bertz CT molecular complexity index is 1030. The third-order valence-electron chi connectivity index (χ3n) is 4.34. The van der Waals surface area contributed by atoms with Gasteiger partial charge in [-0.05, 0) is 44.4 Å². The van der Waals surface area contributed by atoms with Crippen molar-refractivity contribution in [3.63, 3.8) is 0 Å². The minimum atomic E-state index is -0.293. The number of hydrogen-bond donors (Lipinski definition) is 0. The van der Waals surface area contributed by atoms with Gasteiger partial charge in [0, 0.05) is 41.9 Å². The van der Waals surface area contributed by atoms with Crippen LogP contribution in [0.4, 0.5) is 0 Å². The zero-order valence-corrected chi connectivity index (χ0v) is 15.7. The van der Waals surface area contributed by atoms with Gasteiger partial charge in [0.1, 0.15) is 11.8 Å². The number of hydrogen-bond acceptors (Lipinski definition) is 6. The number of pyridine rings is 2. The van der Waals surface area contributed by atoms with Gasteiger partial charge in [-0.1, -0.05) is 0 Å². The molecule has 0 aliphatic rings. The maximum Gasteiger partial charge on any atom is 0.306 e. The zero-order chi connectivity index (χ0) is 19.4. The average Bonchev–Trinajstić information content (AvgIpc) is 3.07. The molecular formula is C20H21N5O2. The van der Waals surface area contributed by atoms with Gasteiger partial charge in [-0.25, -0.2) is 9.67 Å². The number of rotatable bonds is 6. The number of carbonyl (C=O) groups is 1. The van der Waals surface area contributed by atoms with Crippen LogP contribution < -0.4 is 0 Å². The summed E-state index contributed by atoms with van der Waals surface area (Å²) in [6.07, 6.45) is 5.86. The molecule has 7 heteroatoms. The summed E-state index contributed by atoms with van der Waals surface area (Å²) in [6, 6.07) is 4.20. The van der Waals surface area contributed by atoms with Gasteiger partial charge in [-0.2, -0.15) is 10.4 Å². The topological polar surface area (TPSA) is 93.7 Å². The molecule has 3 aromatic heterocycles. The molecular weight excluding hydrogens is 342 g/mol. The molecule has 0 aliphatic carbocycles. The van der Waals surface area contributed by atoms with Crippen LogP contribution in [0, 0.1) is 18.3 Å². The number of nitrogens with zero attached hydrogens (tertiary/aromatic N) is 5. The molecule has 0 unspecified atom stereocenters. The molecule has 0 fully saturated rings. The second kappa shape index (κ2) is 7.96. The largest absolute Gasteiger partial charge is 0.466 e. The summed E-state index contributed by atoms with van der Waals surface area (Å²) in [6.45, 7) is 6.69. The van der Waals surface area contributed by atoms with Crippen molar-refractivity contribution < 1.29 is 9.53 Å². The number of ether oxygens (including phenoxy) is 1. The van der Waals surface area contributed by atoms with Gasteiger partial charge >= 0.3 is 5.97 Å². The molecule has 3 rings (SSSR count). The van der Waals surface area contributed by atoms with Crippen LogP contribution in [0.5, 0.6) is 0 Å². The van der Waals surface area contributed by atoms with Crippen molar-refractivity contribution in [1.29, 1.82) is 5.26 Å². The maximum atomic E-state index is 11.9. The lowest BCUT2D eigenvalue weighted by Gasteiger charge is -2.13. The fraction of sp³-hybridized carbons (Fsp3) is 0.350. The fourth-order valence-electron chi connectivity index (χ4n) is 3.18. The van der Waals surface area contributed by atoms with Crippen molar-refractivity contribution in [1.82, 2.24) is 19.7 Å². The van der Waals surface area contributed by atoms with Gasteiger partial charge in [0.05, 0.1) is 12.8 Å². The van der Waals surface area contributed by atoms with Gasteiger partial charge in [0.25, 0.3) is 0 Å². The molecule has 0 saturated carbocycles. The van der Waals surface area contributed by atoms with Gasteiger partial charge < -0.3 is 4.74 Å². The molecule has 27 heavy (non-hydrogen) atoms. The molecule has 7 nitrogen and oxygen atoms in total. The smallest absolute Gasteiger partial charge is 0.306 e. The predicted octanol–water partition coefficient (Wildman–Crippen LogP) is 3.19. The van der Waals surface area contributed by atoms with Crippen LogP contribution in [0.1, 0.15) is 37.1 Å². The minimum absolute atomic E-state index is 0.184. The Labute approximate surface area is 157 Å². The highest BCUT2D eigenvalue weighted by molar-refractivity contribution is 5.95. The van der Waals surface area contributed by atoms with Crippen LogP contribution in [-0.2, 0) is 22.5 Å². The standard InChI is InChI=1S/C20H21N5O2/c1-4-25-20-16(12-23-25)19(14-8-13(3)10-22-11-14)15(17(9-21)24-20)6-7-18(26)27-5-2/h8,10-12H,4-7H2,1-3H3. The summed E-state index contributed by atoms with van der Waals surface area (Å²) >= 11 is 0. The molecule has 0 N–H and O–H groups in total. The van der Waals surface area contributed by atoms with E-state index in [-0.39, 0.29) is 12.4 Å². The summed E-state index contributed by atoms with van der Waals surface area (Å²) in [5, 5.41) is 14.9. The van der Waals surface area contributed by atoms with Crippen LogP contribution in [0.2, 0.25) is 0 Å². The monoisotopic (exact) mass is 363 g/mol. The maximum absolute atomic E-state index is 11.9. The van der Waals surface area contributed by atoms with E-state index in [1.54, 1.807) is 30.2 Å². The van der Waals surface area contributed by atoms with Crippen LogP contribution in [0.15, 0.2) is 24.7 Å². The van der Waals surface area contributed by atoms with E-state index < -0.39 is 0 Å². The summed E-state index contributed by atoms with van der Waals surface area (Å²) in [7, 11) is 0. The molecule has 3 heterocycles. The number of esters is 1. The first-order valence-electron chi connectivity index (χ1n) is 8.95. The molecule has 0 aliphatic heterocycles. The van der Waals surface area contributed by atoms with Gasteiger partial charge in [-0.3, -0.25) is 9.78 Å². The van der Waals surface area contributed by atoms with E-state index >= 15 is 0 Å². The lowest BCUT2D eigenvalue weighted by atomic mass is 9.94. The van der Waals surface area contributed by atoms with Crippen LogP contribution >= 0.6 is 0 Å². The van der Waals surface area contributed by atoms with Gasteiger partial charge in [0.15, 0.2) is 5.65 Å². The molecule has 0 bridgehead atoms. The first-order valence-corrected chi connectivity index (χ1v) is 8.95. The highest BCUT2D eigenvalue weighted by atomic mass is 16.5. The van der Waals surface area contributed by atoms with E-state index in [1.165, 1.54) is 0 Å². The Morgan fingerprint density at radius 3 is 2.78 bits per heavy atom. The summed E-state index contributed by atoms with van der Waals surface area (Å²) in [4.78, 5) is 20.7.